The molecule has 2 rings (SSSR count). The van der Waals surface area contributed by atoms with Crippen molar-refractivity contribution < 1.29 is 0 Å². The van der Waals surface area contributed by atoms with E-state index < -0.39 is 0 Å². The molecular weight excluding hydrogens is 242 g/mol. The fraction of sp³-hybridized carbons (Fsp3) is 1.00. The van der Waals surface area contributed by atoms with Crippen molar-refractivity contribution in [3.05, 3.63) is 0 Å². The van der Waals surface area contributed by atoms with Gasteiger partial charge in [0.15, 0.2) is 0 Å². The predicted octanol–water partition coefficient (Wildman–Crippen LogP) is 6.62. The summed E-state index contributed by atoms with van der Waals surface area (Å²) in [6.45, 7) is 18.9. The molecule has 1 spiro atoms. The molecule has 0 aromatic heterocycles. The summed E-state index contributed by atoms with van der Waals surface area (Å²) in [7, 11) is 0. The lowest BCUT2D eigenvalue weighted by atomic mass is 9.84. The van der Waals surface area contributed by atoms with Gasteiger partial charge in [0.1, 0.15) is 0 Å². The molecule has 1 saturated carbocycles. The first-order chi connectivity index (χ1) is 8.54. The highest BCUT2D eigenvalue weighted by molar-refractivity contribution is 5.01. The summed E-state index contributed by atoms with van der Waals surface area (Å²) < 4.78 is 0. The van der Waals surface area contributed by atoms with Crippen molar-refractivity contribution in [2.45, 2.75) is 108 Å². The Balaban J connectivity index is -0.000000444. The molecule has 20 heavy (non-hydrogen) atoms. The Morgan fingerprint density at radius 2 is 1.30 bits per heavy atom. The van der Waals surface area contributed by atoms with E-state index in [2.05, 4.69) is 32.6 Å². The van der Waals surface area contributed by atoms with E-state index >= 15 is 0 Å². The van der Waals surface area contributed by atoms with E-state index in [-0.39, 0.29) is 14.9 Å². The van der Waals surface area contributed by atoms with Gasteiger partial charge in [-0.15, -0.1) is 0 Å². The molecule has 0 aromatic rings. The van der Waals surface area contributed by atoms with Gasteiger partial charge in [-0.3, -0.25) is 4.90 Å². The maximum atomic E-state index is 2.77. The average Bonchev–Trinajstić information content (AvgIpc) is 3.13. The SMILES string of the molecule is C.C.CC.CC.CC(C)C1CCC2(CC2)CN1C(C)C. The number of likely N-dealkylation sites (tertiary alicyclic amines) is 1. The van der Waals surface area contributed by atoms with Crippen LogP contribution in [0.1, 0.15) is 95.9 Å². The van der Waals surface area contributed by atoms with Gasteiger partial charge in [-0.25, -0.2) is 0 Å². The third-order valence-corrected chi connectivity index (χ3v) is 4.30. The van der Waals surface area contributed by atoms with Gasteiger partial charge in [0.05, 0.1) is 0 Å². The maximum Gasteiger partial charge on any atom is 0.0121 e. The summed E-state index contributed by atoms with van der Waals surface area (Å²) in [6.07, 6.45) is 5.94. The van der Waals surface area contributed by atoms with Crippen molar-refractivity contribution in [3.63, 3.8) is 0 Å². The van der Waals surface area contributed by atoms with Gasteiger partial charge in [0.2, 0.25) is 0 Å². The molecule has 1 aliphatic heterocycles. The highest BCUT2D eigenvalue weighted by Gasteiger charge is 2.48. The van der Waals surface area contributed by atoms with E-state index in [1.54, 1.807) is 0 Å². The molecule has 1 heteroatoms. The zero-order valence-corrected chi connectivity index (χ0v) is 14.2. The first-order valence-electron chi connectivity index (χ1n) is 8.30. The van der Waals surface area contributed by atoms with Crippen LogP contribution in [0.15, 0.2) is 0 Å². The standard InChI is InChI=1S/C13H25N.2C2H6.2CH4/c1-10(2)12-5-6-13(7-8-13)9-14(12)11(3)4;2*1-2;;/h10-12H,5-9H2,1-4H3;2*1-2H3;2*1H4. The zero-order valence-electron chi connectivity index (χ0n) is 14.2. The van der Waals surface area contributed by atoms with E-state index in [9.17, 15) is 0 Å². The number of rotatable bonds is 2. The minimum absolute atomic E-state index is 0. The number of piperidine rings is 1. The van der Waals surface area contributed by atoms with Crippen LogP contribution in [0.25, 0.3) is 0 Å². The van der Waals surface area contributed by atoms with E-state index in [0.717, 1.165) is 23.4 Å². The highest BCUT2D eigenvalue weighted by Crippen LogP contribution is 2.54. The lowest BCUT2D eigenvalue weighted by molar-refractivity contribution is 0.0417. The summed E-state index contributed by atoms with van der Waals surface area (Å²) >= 11 is 0. The van der Waals surface area contributed by atoms with Crippen LogP contribution < -0.4 is 0 Å². The van der Waals surface area contributed by atoms with Crippen LogP contribution >= 0.6 is 0 Å². The van der Waals surface area contributed by atoms with Crippen molar-refractivity contribution in [2.24, 2.45) is 11.3 Å². The molecule has 0 aromatic carbocycles. The van der Waals surface area contributed by atoms with Gasteiger partial charge < -0.3 is 0 Å². The predicted molar refractivity (Wildman–Crippen MR) is 97.5 cm³/mol. The molecular formula is C19H45N. The van der Waals surface area contributed by atoms with Crippen LogP contribution in [-0.2, 0) is 0 Å². The van der Waals surface area contributed by atoms with Crippen molar-refractivity contribution in [1.29, 1.82) is 0 Å². The Morgan fingerprint density at radius 1 is 0.850 bits per heavy atom. The molecule has 1 nitrogen and oxygen atoms in total. The minimum Gasteiger partial charge on any atom is -0.297 e. The molecule has 1 aliphatic carbocycles. The monoisotopic (exact) mass is 287 g/mol. The Kier molecular flexibility index (Phi) is 14.5. The van der Waals surface area contributed by atoms with E-state index in [0.29, 0.717) is 0 Å². The number of hydrogen-bond acceptors (Lipinski definition) is 1. The number of hydrogen-bond donors (Lipinski definition) is 0. The molecule has 1 unspecified atom stereocenters. The number of nitrogens with zero attached hydrogens (tertiary/aromatic N) is 1. The smallest absolute Gasteiger partial charge is 0.0121 e. The topological polar surface area (TPSA) is 3.24 Å². The largest absolute Gasteiger partial charge is 0.297 e. The van der Waals surface area contributed by atoms with Crippen LogP contribution in [-0.4, -0.2) is 23.5 Å². The van der Waals surface area contributed by atoms with E-state index in [1.807, 2.05) is 27.7 Å². The summed E-state index contributed by atoms with van der Waals surface area (Å²) in [5.41, 5.74) is 0.773. The normalized spacial score (nSPS) is 22.8. The fourth-order valence-electron chi connectivity index (χ4n) is 3.07. The summed E-state index contributed by atoms with van der Waals surface area (Å²) in [5.74, 6) is 0.827. The quantitative estimate of drug-likeness (QED) is 0.551. The third kappa shape index (κ3) is 6.61. The second-order valence-corrected chi connectivity index (χ2v) is 6.12. The molecule has 1 heterocycles. The first-order valence-corrected chi connectivity index (χ1v) is 8.30. The summed E-state index contributed by atoms with van der Waals surface area (Å²) in [6, 6.07) is 1.58. The maximum absolute atomic E-state index is 2.77. The van der Waals surface area contributed by atoms with Crippen LogP contribution in [0.4, 0.5) is 0 Å². The van der Waals surface area contributed by atoms with Crippen molar-refractivity contribution in [2.75, 3.05) is 6.54 Å². The Hall–Kier alpha value is -0.0400. The van der Waals surface area contributed by atoms with Crippen LogP contribution in [0.5, 0.6) is 0 Å². The van der Waals surface area contributed by atoms with Crippen molar-refractivity contribution in [3.8, 4) is 0 Å². The molecule has 0 N–H and O–H groups in total. The molecule has 2 aliphatic rings. The zero-order chi connectivity index (χ0) is 14.3. The van der Waals surface area contributed by atoms with Gasteiger partial charge in [0, 0.05) is 18.6 Å². The van der Waals surface area contributed by atoms with Gasteiger partial charge in [-0.1, -0.05) is 56.4 Å². The Bertz CT molecular complexity index is 204. The molecule has 1 atom stereocenters. The van der Waals surface area contributed by atoms with Gasteiger partial charge in [-0.05, 0) is 50.9 Å². The third-order valence-electron chi connectivity index (χ3n) is 4.30. The van der Waals surface area contributed by atoms with Crippen LogP contribution in [0.3, 0.4) is 0 Å². The van der Waals surface area contributed by atoms with E-state index in [4.69, 9.17) is 0 Å². The van der Waals surface area contributed by atoms with Crippen LogP contribution in [0, 0.1) is 11.3 Å². The molecule has 1 saturated heterocycles. The molecule has 0 amide bonds. The summed E-state index contributed by atoms with van der Waals surface area (Å²) in [5, 5.41) is 0. The summed E-state index contributed by atoms with van der Waals surface area (Å²) in [4.78, 5) is 2.77. The fourth-order valence-corrected chi connectivity index (χ4v) is 3.07. The van der Waals surface area contributed by atoms with Gasteiger partial charge in [-0.2, -0.15) is 0 Å². The minimum atomic E-state index is 0. The van der Waals surface area contributed by atoms with Crippen molar-refractivity contribution >= 4 is 0 Å². The Morgan fingerprint density at radius 3 is 1.60 bits per heavy atom. The van der Waals surface area contributed by atoms with E-state index in [1.165, 1.54) is 32.2 Å². The molecule has 2 fully saturated rings. The lowest BCUT2D eigenvalue weighted by Crippen LogP contribution is -2.50. The second-order valence-electron chi connectivity index (χ2n) is 6.12. The second kappa shape index (κ2) is 11.6. The van der Waals surface area contributed by atoms with Crippen molar-refractivity contribution in [1.82, 2.24) is 4.90 Å². The first kappa shape index (κ1) is 24.9. The van der Waals surface area contributed by atoms with Gasteiger partial charge >= 0.3 is 0 Å². The molecule has 0 bridgehead atoms. The lowest BCUT2D eigenvalue weighted by Gasteiger charge is -2.44. The highest BCUT2D eigenvalue weighted by atomic mass is 15.2. The average molecular weight is 288 g/mol. The van der Waals surface area contributed by atoms with Gasteiger partial charge in [0.25, 0.3) is 0 Å². The Labute approximate surface area is 131 Å². The van der Waals surface area contributed by atoms with Crippen LogP contribution in [0.2, 0.25) is 0 Å². The molecule has 0 radical (unpaired) electrons. The molecule has 126 valence electrons.